The molecule has 0 saturated carbocycles. The summed E-state index contributed by atoms with van der Waals surface area (Å²) in [6.45, 7) is 4.51. The lowest BCUT2D eigenvalue weighted by Crippen LogP contribution is -2.07. The molecule has 0 heterocycles. The number of benzene rings is 3. The third-order valence-electron chi connectivity index (χ3n) is 6.80. The van der Waals surface area contributed by atoms with Crippen LogP contribution in [-0.2, 0) is 12.8 Å². The molecule has 0 saturated heterocycles. The zero-order valence-electron chi connectivity index (χ0n) is 19.8. The zero-order chi connectivity index (χ0) is 24.1. The van der Waals surface area contributed by atoms with Gasteiger partial charge in [-0.2, -0.15) is 0 Å². The molecule has 4 rings (SSSR count). The Hall–Kier alpha value is -3.01. The van der Waals surface area contributed by atoms with Crippen LogP contribution < -0.4 is 4.74 Å². The lowest BCUT2D eigenvalue weighted by molar-refractivity contribution is 0.338. The van der Waals surface area contributed by atoms with Crippen LogP contribution in [0.4, 0.5) is 13.2 Å². The van der Waals surface area contributed by atoms with Gasteiger partial charge in [-0.3, -0.25) is 0 Å². The van der Waals surface area contributed by atoms with Crippen molar-refractivity contribution in [1.82, 2.24) is 0 Å². The van der Waals surface area contributed by atoms with Gasteiger partial charge in [0.2, 0.25) is 0 Å². The first-order valence-corrected chi connectivity index (χ1v) is 12.2. The fourth-order valence-corrected chi connectivity index (χ4v) is 4.65. The number of rotatable bonds is 8. The minimum absolute atomic E-state index is 0.338. The molecule has 3 aromatic rings. The third kappa shape index (κ3) is 5.38. The van der Waals surface area contributed by atoms with Crippen LogP contribution in [0.2, 0.25) is 0 Å². The van der Waals surface area contributed by atoms with E-state index in [0.29, 0.717) is 47.8 Å². The van der Waals surface area contributed by atoms with Gasteiger partial charge in [0.05, 0.1) is 6.61 Å². The Morgan fingerprint density at radius 1 is 0.853 bits per heavy atom. The van der Waals surface area contributed by atoms with Crippen LogP contribution in [0.3, 0.4) is 0 Å². The van der Waals surface area contributed by atoms with Gasteiger partial charge in [0.25, 0.3) is 0 Å². The summed E-state index contributed by atoms with van der Waals surface area (Å²) in [7, 11) is 0. The molecule has 0 spiro atoms. The molecule has 178 valence electrons. The Morgan fingerprint density at radius 2 is 1.62 bits per heavy atom. The fraction of sp³-hybridized carbons (Fsp3) is 0.333. The number of allylic oxidation sites excluding steroid dienone is 2. The molecule has 1 nitrogen and oxygen atoms in total. The summed E-state index contributed by atoms with van der Waals surface area (Å²) in [5.41, 5.74) is 3.95. The molecule has 0 amide bonds. The van der Waals surface area contributed by atoms with E-state index in [1.165, 1.54) is 6.07 Å². The lowest BCUT2D eigenvalue weighted by Gasteiger charge is -2.21. The second-order valence-electron chi connectivity index (χ2n) is 8.95. The SMILES string of the molecule is CCOc1ccc(-c2ccc(CCc3ccc(C4=CCC(CC)CC4)c(F)c3F)cc2)c(F)c1. The second-order valence-corrected chi connectivity index (χ2v) is 8.95. The number of ether oxygens (including phenoxy) is 1. The first-order chi connectivity index (χ1) is 16.5. The maximum absolute atomic E-state index is 14.8. The summed E-state index contributed by atoms with van der Waals surface area (Å²) in [6.07, 6.45) is 6.93. The van der Waals surface area contributed by atoms with E-state index in [4.69, 9.17) is 4.74 Å². The lowest BCUT2D eigenvalue weighted by atomic mass is 9.85. The van der Waals surface area contributed by atoms with Gasteiger partial charge in [-0.15, -0.1) is 0 Å². The summed E-state index contributed by atoms with van der Waals surface area (Å²) in [4.78, 5) is 0. The number of hydrogen-bond donors (Lipinski definition) is 0. The topological polar surface area (TPSA) is 9.23 Å². The van der Waals surface area contributed by atoms with E-state index in [0.717, 1.165) is 42.4 Å². The quantitative estimate of drug-likeness (QED) is 0.324. The molecule has 4 heteroatoms. The molecule has 3 aromatic carbocycles. The highest BCUT2D eigenvalue weighted by Gasteiger charge is 2.20. The minimum atomic E-state index is -0.746. The second kappa shape index (κ2) is 10.9. The van der Waals surface area contributed by atoms with Gasteiger partial charge in [0.15, 0.2) is 11.6 Å². The van der Waals surface area contributed by atoms with Gasteiger partial charge in [0.1, 0.15) is 11.6 Å². The standard InChI is InChI=1S/C30H31F3O/c1-3-20-5-10-23(11-6-20)27-17-15-24(29(32)30(27)33)14-9-21-7-12-22(13-8-21)26-18-16-25(34-4-2)19-28(26)31/h7-8,10,12-13,15-20H,3-6,9,11,14H2,1-2H3. The van der Waals surface area contributed by atoms with Crippen LogP contribution in [0, 0.1) is 23.4 Å². The van der Waals surface area contributed by atoms with Gasteiger partial charge in [0, 0.05) is 17.2 Å². The smallest absolute Gasteiger partial charge is 0.166 e. The number of hydrogen-bond acceptors (Lipinski definition) is 1. The first kappa shape index (κ1) is 24.1. The molecule has 1 atom stereocenters. The van der Waals surface area contributed by atoms with Crippen molar-refractivity contribution in [3.63, 3.8) is 0 Å². The Balaban J connectivity index is 1.43. The molecule has 1 aliphatic rings. The van der Waals surface area contributed by atoms with Gasteiger partial charge in [-0.05, 0) is 79.3 Å². The van der Waals surface area contributed by atoms with E-state index < -0.39 is 11.6 Å². The summed E-state index contributed by atoms with van der Waals surface area (Å²) < 4.78 is 49.5. The highest BCUT2D eigenvalue weighted by molar-refractivity contribution is 5.67. The predicted molar refractivity (Wildman–Crippen MR) is 132 cm³/mol. The molecule has 0 bridgehead atoms. The maximum Gasteiger partial charge on any atom is 0.166 e. The average molecular weight is 465 g/mol. The van der Waals surface area contributed by atoms with Crippen molar-refractivity contribution in [1.29, 1.82) is 0 Å². The Kier molecular flexibility index (Phi) is 7.77. The van der Waals surface area contributed by atoms with Crippen LogP contribution in [0.25, 0.3) is 16.7 Å². The summed E-state index contributed by atoms with van der Waals surface area (Å²) in [5.74, 6) is -0.669. The van der Waals surface area contributed by atoms with Crippen molar-refractivity contribution in [3.05, 3.63) is 94.8 Å². The molecule has 34 heavy (non-hydrogen) atoms. The Labute approximate surface area is 200 Å². The predicted octanol–water partition coefficient (Wildman–Crippen LogP) is 8.55. The highest BCUT2D eigenvalue weighted by Crippen LogP contribution is 2.34. The molecule has 1 unspecified atom stereocenters. The van der Waals surface area contributed by atoms with E-state index in [1.54, 1.807) is 24.3 Å². The normalized spacial score (nSPS) is 15.8. The summed E-state index contributed by atoms with van der Waals surface area (Å²) in [5, 5.41) is 0. The van der Waals surface area contributed by atoms with Crippen molar-refractivity contribution >= 4 is 5.57 Å². The molecular weight excluding hydrogens is 433 g/mol. The average Bonchev–Trinajstić information content (AvgIpc) is 2.86. The largest absolute Gasteiger partial charge is 0.494 e. The number of halogens is 3. The third-order valence-corrected chi connectivity index (χ3v) is 6.80. The van der Waals surface area contributed by atoms with Crippen molar-refractivity contribution in [3.8, 4) is 16.9 Å². The maximum atomic E-state index is 14.8. The highest BCUT2D eigenvalue weighted by atomic mass is 19.2. The van der Waals surface area contributed by atoms with Crippen molar-refractivity contribution in [2.75, 3.05) is 6.61 Å². The van der Waals surface area contributed by atoms with E-state index in [2.05, 4.69) is 13.0 Å². The molecule has 0 aromatic heterocycles. The van der Waals surface area contributed by atoms with Gasteiger partial charge >= 0.3 is 0 Å². The number of aryl methyl sites for hydroxylation is 2. The Morgan fingerprint density at radius 3 is 2.26 bits per heavy atom. The van der Waals surface area contributed by atoms with Crippen LogP contribution in [0.1, 0.15) is 56.2 Å². The van der Waals surface area contributed by atoms with Gasteiger partial charge < -0.3 is 4.74 Å². The van der Waals surface area contributed by atoms with Crippen LogP contribution in [0.15, 0.2) is 60.7 Å². The molecule has 0 N–H and O–H groups in total. The molecular formula is C30H31F3O. The molecule has 1 aliphatic carbocycles. The van der Waals surface area contributed by atoms with Gasteiger partial charge in [-0.1, -0.05) is 55.8 Å². The van der Waals surface area contributed by atoms with E-state index in [9.17, 15) is 13.2 Å². The summed E-state index contributed by atoms with van der Waals surface area (Å²) in [6, 6.07) is 15.8. The molecule has 0 radical (unpaired) electrons. The fourth-order valence-electron chi connectivity index (χ4n) is 4.65. The van der Waals surface area contributed by atoms with E-state index in [-0.39, 0.29) is 5.82 Å². The van der Waals surface area contributed by atoms with Crippen molar-refractivity contribution in [2.45, 2.75) is 52.4 Å². The van der Waals surface area contributed by atoms with E-state index >= 15 is 0 Å². The summed E-state index contributed by atoms with van der Waals surface area (Å²) >= 11 is 0. The zero-order valence-corrected chi connectivity index (χ0v) is 19.8. The minimum Gasteiger partial charge on any atom is -0.494 e. The first-order valence-electron chi connectivity index (χ1n) is 12.2. The van der Waals surface area contributed by atoms with Gasteiger partial charge in [-0.25, -0.2) is 13.2 Å². The van der Waals surface area contributed by atoms with Crippen molar-refractivity contribution in [2.24, 2.45) is 5.92 Å². The Bertz CT molecular complexity index is 1160. The monoisotopic (exact) mass is 464 g/mol. The van der Waals surface area contributed by atoms with Crippen LogP contribution in [0.5, 0.6) is 5.75 Å². The van der Waals surface area contributed by atoms with E-state index in [1.807, 2.05) is 31.2 Å². The van der Waals surface area contributed by atoms with Crippen LogP contribution in [-0.4, -0.2) is 6.61 Å². The van der Waals surface area contributed by atoms with Crippen LogP contribution >= 0.6 is 0 Å². The molecule has 0 aliphatic heterocycles. The molecule has 0 fully saturated rings. The van der Waals surface area contributed by atoms with Crippen molar-refractivity contribution < 1.29 is 17.9 Å².